The van der Waals surface area contributed by atoms with E-state index in [1.54, 1.807) is 29.2 Å². The zero-order valence-corrected chi connectivity index (χ0v) is 20.9. The quantitative estimate of drug-likeness (QED) is 0.406. The molecule has 1 aromatic heterocycles. The molecule has 1 saturated carbocycles. The Morgan fingerprint density at radius 1 is 1.00 bits per heavy atom. The summed E-state index contributed by atoms with van der Waals surface area (Å²) in [6, 6.07) is 19.6. The van der Waals surface area contributed by atoms with E-state index in [1.165, 1.54) is 0 Å². The number of aromatic nitrogens is 2. The maximum Gasteiger partial charge on any atom is 0.254 e. The predicted molar refractivity (Wildman–Crippen MR) is 143 cm³/mol. The van der Waals surface area contributed by atoms with Crippen LogP contribution < -0.4 is 10.1 Å². The first-order valence-corrected chi connectivity index (χ1v) is 13.0. The third-order valence-electron chi connectivity index (χ3n) is 7.32. The number of aryl methyl sites for hydroxylation is 1. The topological polar surface area (TPSA) is 87.3 Å². The molecule has 7 nitrogen and oxygen atoms in total. The highest BCUT2D eigenvalue weighted by Gasteiger charge is 2.23. The van der Waals surface area contributed by atoms with Gasteiger partial charge in [0, 0.05) is 29.3 Å². The molecule has 188 valence electrons. The van der Waals surface area contributed by atoms with Crippen LogP contribution in [0.1, 0.15) is 57.8 Å². The second-order valence-electron chi connectivity index (χ2n) is 9.99. The zero-order chi connectivity index (χ0) is 25.4. The van der Waals surface area contributed by atoms with Gasteiger partial charge in [-0.1, -0.05) is 31.0 Å². The van der Waals surface area contributed by atoms with Crippen LogP contribution in [0, 0.1) is 6.92 Å². The number of nitrogens with one attached hydrogen (secondary N) is 2. The lowest BCUT2D eigenvalue weighted by molar-refractivity contribution is 0.0733. The molecule has 0 saturated heterocycles. The molecule has 1 aliphatic heterocycles. The Bertz CT molecular complexity index is 1490. The summed E-state index contributed by atoms with van der Waals surface area (Å²) in [5.74, 6) is 1.46. The number of rotatable bonds is 4. The minimum absolute atomic E-state index is 0.105. The number of imidazole rings is 1. The van der Waals surface area contributed by atoms with Gasteiger partial charge in [-0.15, -0.1) is 0 Å². The normalized spacial score (nSPS) is 15.8. The molecule has 3 aromatic carbocycles. The van der Waals surface area contributed by atoms with Gasteiger partial charge in [-0.25, -0.2) is 4.98 Å². The first kappa shape index (κ1) is 23.3. The Morgan fingerprint density at radius 3 is 2.65 bits per heavy atom. The molecule has 2 N–H and O–H groups in total. The minimum atomic E-state index is -0.111. The van der Waals surface area contributed by atoms with Crippen LogP contribution >= 0.6 is 0 Å². The predicted octanol–water partition coefficient (Wildman–Crippen LogP) is 5.25. The third-order valence-corrected chi connectivity index (χ3v) is 7.32. The van der Waals surface area contributed by atoms with Crippen LogP contribution in [0.3, 0.4) is 0 Å². The number of nitrogens with zero attached hydrogens (tertiary/aromatic N) is 2. The summed E-state index contributed by atoms with van der Waals surface area (Å²) in [5.41, 5.74) is 6.05. The number of benzene rings is 3. The monoisotopic (exact) mass is 494 g/mol. The molecule has 2 aliphatic rings. The van der Waals surface area contributed by atoms with E-state index in [-0.39, 0.29) is 17.9 Å². The van der Waals surface area contributed by atoms with Crippen LogP contribution in [0.5, 0.6) is 5.75 Å². The maximum atomic E-state index is 13.5. The number of amides is 2. The number of hydrogen-bond donors (Lipinski definition) is 2. The molecule has 37 heavy (non-hydrogen) atoms. The molecule has 1 aliphatic carbocycles. The molecule has 0 radical (unpaired) electrons. The van der Waals surface area contributed by atoms with Crippen molar-refractivity contribution < 1.29 is 14.3 Å². The summed E-state index contributed by atoms with van der Waals surface area (Å²) in [6.45, 7) is 3.27. The fraction of sp³-hybridized carbons (Fsp3) is 0.300. The van der Waals surface area contributed by atoms with Gasteiger partial charge < -0.3 is 19.9 Å². The van der Waals surface area contributed by atoms with E-state index in [0.29, 0.717) is 30.8 Å². The molecule has 2 amide bonds. The van der Waals surface area contributed by atoms with Gasteiger partial charge in [0.25, 0.3) is 11.8 Å². The van der Waals surface area contributed by atoms with Gasteiger partial charge >= 0.3 is 0 Å². The van der Waals surface area contributed by atoms with E-state index in [9.17, 15) is 9.59 Å². The van der Waals surface area contributed by atoms with Gasteiger partial charge in [0.1, 0.15) is 18.2 Å². The Hall–Kier alpha value is -4.13. The largest absolute Gasteiger partial charge is 0.491 e. The van der Waals surface area contributed by atoms with Crippen molar-refractivity contribution in [1.82, 2.24) is 20.2 Å². The van der Waals surface area contributed by atoms with Crippen LogP contribution in [-0.2, 0) is 6.54 Å². The molecule has 0 spiro atoms. The summed E-state index contributed by atoms with van der Waals surface area (Å²) < 4.78 is 5.99. The smallest absolute Gasteiger partial charge is 0.254 e. The van der Waals surface area contributed by atoms with Crippen molar-refractivity contribution in [2.45, 2.75) is 45.2 Å². The van der Waals surface area contributed by atoms with Gasteiger partial charge in [0.15, 0.2) is 0 Å². The average Bonchev–Trinajstić information content (AvgIpc) is 3.50. The summed E-state index contributed by atoms with van der Waals surface area (Å²) in [5, 5.41) is 3.11. The van der Waals surface area contributed by atoms with E-state index < -0.39 is 0 Å². The molecule has 4 aromatic rings. The number of carbonyl (C=O) groups is 2. The van der Waals surface area contributed by atoms with Crippen molar-refractivity contribution in [1.29, 1.82) is 0 Å². The molecular weight excluding hydrogens is 464 g/mol. The van der Waals surface area contributed by atoms with Crippen LogP contribution in [0.4, 0.5) is 0 Å². The number of ether oxygens (including phenoxy) is 1. The second-order valence-corrected chi connectivity index (χ2v) is 9.99. The average molecular weight is 495 g/mol. The van der Waals surface area contributed by atoms with Gasteiger partial charge in [-0.2, -0.15) is 0 Å². The lowest BCUT2D eigenvalue weighted by Crippen LogP contribution is -2.34. The lowest BCUT2D eigenvalue weighted by Gasteiger charge is -2.20. The van der Waals surface area contributed by atoms with Gasteiger partial charge in [-0.3, -0.25) is 9.59 Å². The second kappa shape index (κ2) is 9.73. The molecule has 7 heteroatoms. The number of H-pyrrole nitrogens is 1. The van der Waals surface area contributed by atoms with Crippen LogP contribution in [0.25, 0.3) is 22.2 Å². The van der Waals surface area contributed by atoms with Gasteiger partial charge in [0.2, 0.25) is 0 Å². The summed E-state index contributed by atoms with van der Waals surface area (Å²) in [6.07, 6.45) is 4.35. The molecule has 2 heterocycles. The summed E-state index contributed by atoms with van der Waals surface area (Å²) in [7, 11) is 0. The molecule has 0 unspecified atom stereocenters. The number of aromatic amines is 1. The van der Waals surface area contributed by atoms with Crippen LogP contribution in [0.2, 0.25) is 0 Å². The molecule has 0 bridgehead atoms. The van der Waals surface area contributed by atoms with Crippen LogP contribution in [0.15, 0.2) is 60.7 Å². The zero-order valence-electron chi connectivity index (χ0n) is 20.9. The third kappa shape index (κ3) is 4.81. The fourth-order valence-corrected chi connectivity index (χ4v) is 5.38. The first-order valence-electron chi connectivity index (χ1n) is 13.0. The van der Waals surface area contributed by atoms with Gasteiger partial charge in [0.05, 0.1) is 17.6 Å². The number of hydrogen-bond acceptors (Lipinski definition) is 4. The van der Waals surface area contributed by atoms with Crippen molar-refractivity contribution in [2.75, 3.05) is 13.2 Å². The van der Waals surface area contributed by atoms with E-state index in [4.69, 9.17) is 4.74 Å². The highest BCUT2D eigenvalue weighted by molar-refractivity contribution is 5.99. The van der Waals surface area contributed by atoms with Crippen molar-refractivity contribution >= 4 is 22.8 Å². The van der Waals surface area contributed by atoms with Crippen LogP contribution in [-0.4, -0.2) is 45.9 Å². The fourth-order valence-electron chi connectivity index (χ4n) is 5.38. The number of carbonyl (C=O) groups excluding carboxylic acids is 2. The Labute approximate surface area is 215 Å². The summed E-state index contributed by atoms with van der Waals surface area (Å²) in [4.78, 5) is 35.9. The molecule has 1 fully saturated rings. The van der Waals surface area contributed by atoms with Crippen molar-refractivity contribution in [3.63, 3.8) is 0 Å². The number of fused-ring (bicyclic) bond motifs is 2. The van der Waals surface area contributed by atoms with Gasteiger partial charge in [-0.05, 0) is 73.4 Å². The Balaban J connectivity index is 1.23. The van der Waals surface area contributed by atoms with Crippen molar-refractivity contribution in [3.8, 4) is 16.9 Å². The minimum Gasteiger partial charge on any atom is -0.491 e. The molecular formula is C30H30N4O3. The SMILES string of the molecule is Cc1nc2ccc(-c3ccc4c(c3)CN(C(=O)c3cccc(C(=O)NC5CCCC5)c3)CCO4)cc2[nH]1. The maximum absolute atomic E-state index is 13.5. The Morgan fingerprint density at radius 2 is 1.78 bits per heavy atom. The van der Waals surface area contributed by atoms with E-state index in [0.717, 1.165) is 65.0 Å². The highest BCUT2D eigenvalue weighted by atomic mass is 16.5. The molecule has 0 atom stereocenters. The standard InChI is InChI=1S/C30H30N4O3/c1-19-31-26-11-9-21(17-27(26)32-19)20-10-12-28-24(15-20)18-34(13-14-37-28)30(36)23-6-4-5-22(16-23)29(35)33-25-7-2-3-8-25/h4-6,9-12,15-17,25H,2-3,7-8,13-14,18H2,1H3,(H,31,32)(H,33,35). The highest BCUT2D eigenvalue weighted by Crippen LogP contribution is 2.31. The van der Waals surface area contributed by atoms with Crippen molar-refractivity contribution in [2.24, 2.45) is 0 Å². The lowest BCUT2D eigenvalue weighted by atomic mass is 10.0. The molecule has 6 rings (SSSR count). The summed E-state index contributed by atoms with van der Waals surface area (Å²) >= 11 is 0. The van der Waals surface area contributed by atoms with E-state index in [2.05, 4.69) is 33.5 Å². The van der Waals surface area contributed by atoms with E-state index >= 15 is 0 Å². The van der Waals surface area contributed by atoms with E-state index in [1.807, 2.05) is 25.1 Å². The Kier molecular flexibility index (Phi) is 6.12. The van der Waals surface area contributed by atoms with Crippen molar-refractivity contribution in [3.05, 3.63) is 83.2 Å². The first-order chi connectivity index (χ1) is 18.0.